The van der Waals surface area contributed by atoms with Crippen LogP contribution in [0.3, 0.4) is 0 Å². The number of hydrogen-bond acceptors (Lipinski definition) is 4. The molecule has 2 aromatic rings. The Morgan fingerprint density at radius 2 is 1.96 bits per heavy atom. The Labute approximate surface area is 144 Å². The zero-order chi connectivity index (χ0) is 16.4. The Bertz CT molecular complexity index is 706. The van der Waals surface area contributed by atoms with Gasteiger partial charge in [-0.3, -0.25) is 4.79 Å². The molecule has 0 spiro atoms. The molecule has 2 heterocycles. The average molecular weight is 378 g/mol. The molecule has 1 aromatic carbocycles. The summed E-state index contributed by atoms with van der Waals surface area (Å²) in [6.45, 7) is 7.11. The molecule has 1 saturated heterocycles. The second-order valence-corrected chi connectivity index (χ2v) is 6.76. The van der Waals surface area contributed by atoms with E-state index in [2.05, 4.69) is 51.1 Å². The predicted molar refractivity (Wildman–Crippen MR) is 92.6 cm³/mol. The fourth-order valence-electron chi connectivity index (χ4n) is 2.81. The maximum atomic E-state index is 12.3. The minimum atomic E-state index is 0.116. The molecule has 0 bridgehead atoms. The molecule has 0 N–H and O–H groups in total. The number of nitrogens with zero attached hydrogens (tertiary/aromatic N) is 3. The van der Waals surface area contributed by atoms with Crippen LogP contribution in [-0.4, -0.2) is 42.1 Å². The Morgan fingerprint density at radius 3 is 2.57 bits per heavy atom. The van der Waals surface area contributed by atoms with Gasteiger partial charge in [-0.15, -0.1) is 0 Å². The van der Waals surface area contributed by atoms with Crippen molar-refractivity contribution in [1.82, 2.24) is 10.1 Å². The van der Waals surface area contributed by atoms with Gasteiger partial charge in [0.2, 0.25) is 5.91 Å². The normalized spacial score (nSPS) is 15.1. The fourth-order valence-corrected chi connectivity index (χ4v) is 3.05. The molecular weight excluding hydrogens is 358 g/mol. The predicted octanol–water partition coefficient (Wildman–Crippen LogP) is 2.95. The van der Waals surface area contributed by atoms with Gasteiger partial charge in [-0.1, -0.05) is 21.1 Å². The molecular formula is C17H20BrN3O2. The number of hydrogen-bond donors (Lipinski definition) is 0. The zero-order valence-corrected chi connectivity index (χ0v) is 15.0. The van der Waals surface area contributed by atoms with Crippen LogP contribution in [-0.2, 0) is 11.2 Å². The summed E-state index contributed by atoms with van der Waals surface area (Å²) < 4.78 is 6.14. The van der Waals surface area contributed by atoms with Crippen molar-refractivity contribution in [2.75, 3.05) is 31.1 Å². The van der Waals surface area contributed by atoms with E-state index in [0.29, 0.717) is 12.1 Å². The van der Waals surface area contributed by atoms with Crippen molar-refractivity contribution in [3.63, 3.8) is 0 Å². The van der Waals surface area contributed by atoms with Crippen LogP contribution in [0, 0.1) is 13.8 Å². The first-order valence-corrected chi connectivity index (χ1v) is 8.53. The van der Waals surface area contributed by atoms with Crippen LogP contribution in [0.15, 0.2) is 33.3 Å². The number of benzene rings is 1. The third-order valence-corrected chi connectivity index (χ3v) is 5.04. The van der Waals surface area contributed by atoms with Gasteiger partial charge in [0, 0.05) is 42.4 Å². The van der Waals surface area contributed by atoms with Crippen molar-refractivity contribution in [1.29, 1.82) is 0 Å². The van der Waals surface area contributed by atoms with Gasteiger partial charge in [0.25, 0.3) is 0 Å². The molecule has 122 valence electrons. The van der Waals surface area contributed by atoms with Gasteiger partial charge in [-0.25, -0.2) is 0 Å². The molecule has 0 saturated carbocycles. The van der Waals surface area contributed by atoms with E-state index in [1.54, 1.807) is 0 Å². The summed E-state index contributed by atoms with van der Waals surface area (Å²) >= 11 is 3.53. The van der Waals surface area contributed by atoms with Crippen LogP contribution in [0.1, 0.15) is 17.0 Å². The largest absolute Gasteiger partial charge is 0.368 e. The molecule has 0 unspecified atom stereocenters. The van der Waals surface area contributed by atoms with Gasteiger partial charge in [-0.2, -0.15) is 0 Å². The van der Waals surface area contributed by atoms with E-state index in [1.807, 2.05) is 17.9 Å². The summed E-state index contributed by atoms with van der Waals surface area (Å²) in [4.78, 5) is 16.6. The fraction of sp³-hybridized carbons (Fsp3) is 0.412. The highest BCUT2D eigenvalue weighted by atomic mass is 79.9. The standard InChI is InChI=1S/C17H20BrN3O2/c1-12-9-15(3-4-16(12)18)20-5-7-21(8-6-20)17(22)11-14-10-13(2)23-19-14/h3-4,9-10H,5-8,11H2,1-2H3. The smallest absolute Gasteiger partial charge is 0.228 e. The number of carbonyl (C=O) groups excluding carboxylic acids is 1. The van der Waals surface area contributed by atoms with E-state index in [9.17, 15) is 4.79 Å². The lowest BCUT2D eigenvalue weighted by atomic mass is 10.2. The van der Waals surface area contributed by atoms with Gasteiger partial charge in [0.05, 0.1) is 12.1 Å². The number of rotatable bonds is 3. The SMILES string of the molecule is Cc1cc(CC(=O)N2CCN(c3ccc(Br)c(C)c3)CC2)no1. The van der Waals surface area contributed by atoms with Gasteiger partial charge in [-0.05, 0) is 37.6 Å². The lowest BCUT2D eigenvalue weighted by Gasteiger charge is -2.36. The van der Waals surface area contributed by atoms with Crippen LogP contribution >= 0.6 is 15.9 Å². The van der Waals surface area contributed by atoms with Crippen molar-refractivity contribution in [2.45, 2.75) is 20.3 Å². The summed E-state index contributed by atoms with van der Waals surface area (Å²) in [7, 11) is 0. The third-order valence-electron chi connectivity index (χ3n) is 4.15. The van der Waals surface area contributed by atoms with E-state index in [4.69, 9.17) is 4.52 Å². The third kappa shape index (κ3) is 3.75. The summed E-state index contributed by atoms with van der Waals surface area (Å²) in [5, 5.41) is 3.89. The summed E-state index contributed by atoms with van der Waals surface area (Å²) in [6, 6.07) is 8.19. The molecule has 5 nitrogen and oxygen atoms in total. The van der Waals surface area contributed by atoms with Gasteiger partial charge in [0.15, 0.2) is 0 Å². The van der Waals surface area contributed by atoms with Crippen molar-refractivity contribution < 1.29 is 9.32 Å². The monoisotopic (exact) mass is 377 g/mol. The summed E-state index contributed by atoms with van der Waals surface area (Å²) in [5.74, 6) is 0.855. The number of aryl methyl sites for hydroxylation is 2. The van der Waals surface area contributed by atoms with Crippen molar-refractivity contribution in [3.05, 3.63) is 45.8 Å². The molecule has 6 heteroatoms. The Morgan fingerprint density at radius 1 is 1.22 bits per heavy atom. The highest BCUT2D eigenvalue weighted by Crippen LogP contribution is 2.24. The van der Waals surface area contributed by atoms with Crippen LogP contribution in [0.25, 0.3) is 0 Å². The molecule has 1 fully saturated rings. The zero-order valence-electron chi connectivity index (χ0n) is 13.4. The minimum Gasteiger partial charge on any atom is -0.368 e. The first kappa shape index (κ1) is 16.1. The van der Waals surface area contributed by atoms with Crippen molar-refractivity contribution >= 4 is 27.5 Å². The summed E-state index contributed by atoms with van der Waals surface area (Å²) in [6.07, 6.45) is 0.314. The number of halogens is 1. The van der Waals surface area contributed by atoms with Crippen molar-refractivity contribution in [2.24, 2.45) is 0 Å². The van der Waals surface area contributed by atoms with Gasteiger partial charge >= 0.3 is 0 Å². The van der Waals surface area contributed by atoms with Crippen molar-refractivity contribution in [3.8, 4) is 0 Å². The van der Waals surface area contributed by atoms with Crippen LogP contribution in [0.2, 0.25) is 0 Å². The van der Waals surface area contributed by atoms with Crippen LogP contribution < -0.4 is 4.90 Å². The molecule has 23 heavy (non-hydrogen) atoms. The molecule has 1 amide bonds. The molecule has 0 aliphatic carbocycles. The molecule has 1 aliphatic heterocycles. The number of piperazine rings is 1. The van der Waals surface area contributed by atoms with E-state index in [1.165, 1.54) is 11.3 Å². The highest BCUT2D eigenvalue weighted by Gasteiger charge is 2.22. The topological polar surface area (TPSA) is 49.6 Å². The van der Waals surface area contributed by atoms with Gasteiger partial charge < -0.3 is 14.3 Å². The molecule has 0 radical (unpaired) electrons. The lowest BCUT2D eigenvalue weighted by Crippen LogP contribution is -2.49. The van der Waals surface area contributed by atoms with Gasteiger partial charge in [0.1, 0.15) is 5.76 Å². The van der Waals surface area contributed by atoms with E-state index >= 15 is 0 Å². The molecule has 3 rings (SSSR count). The van der Waals surface area contributed by atoms with E-state index < -0.39 is 0 Å². The first-order chi connectivity index (χ1) is 11.0. The Hall–Kier alpha value is -1.82. The number of carbonyl (C=O) groups is 1. The maximum absolute atomic E-state index is 12.3. The molecule has 1 aliphatic rings. The van der Waals surface area contributed by atoms with E-state index in [-0.39, 0.29) is 5.91 Å². The second kappa shape index (κ2) is 6.74. The first-order valence-electron chi connectivity index (χ1n) is 7.74. The van der Waals surface area contributed by atoms with E-state index in [0.717, 1.165) is 36.4 Å². The Balaban J connectivity index is 1.57. The molecule has 0 atom stereocenters. The van der Waals surface area contributed by atoms with Crippen LogP contribution in [0.5, 0.6) is 0 Å². The Kier molecular flexibility index (Phi) is 4.71. The number of aromatic nitrogens is 1. The second-order valence-electron chi connectivity index (χ2n) is 5.91. The maximum Gasteiger partial charge on any atom is 0.228 e. The number of amides is 1. The van der Waals surface area contributed by atoms with Crippen LogP contribution in [0.4, 0.5) is 5.69 Å². The quantitative estimate of drug-likeness (QED) is 0.824. The summed E-state index contributed by atoms with van der Waals surface area (Å²) in [5.41, 5.74) is 3.14. The highest BCUT2D eigenvalue weighted by molar-refractivity contribution is 9.10. The lowest BCUT2D eigenvalue weighted by molar-refractivity contribution is -0.130. The molecule has 1 aromatic heterocycles. The number of anilines is 1. The average Bonchev–Trinajstić information content (AvgIpc) is 2.95. The minimum absolute atomic E-state index is 0.116.